The molecule has 0 bridgehead atoms. The zero-order chi connectivity index (χ0) is 60.1. The smallest absolute Gasteiger partial charge is 0.413 e. The predicted octanol–water partition coefficient (Wildman–Crippen LogP) is -1.67. The third-order valence-corrected chi connectivity index (χ3v) is 15.0. The average Bonchev–Trinajstić information content (AvgIpc) is 3.94. The Labute approximate surface area is 462 Å². The highest BCUT2D eigenvalue weighted by Crippen LogP contribution is 2.50. The molecule has 0 saturated heterocycles. The number of pyridine rings is 1. The third kappa shape index (κ3) is 14.0. The van der Waals surface area contributed by atoms with E-state index in [0.29, 0.717) is 41.7 Å². The first-order valence-corrected chi connectivity index (χ1v) is 26.3. The molecule has 4 aliphatic heterocycles. The van der Waals surface area contributed by atoms with E-state index in [1.165, 1.54) is 44.5 Å². The molecule has 1 aliphatic carbocycles. The highest BCUT2D eigenvalue weighted by atomic mass is 19.4. The molecular weight excluding hydrogens is 1080 g/mol. The van der Waals surface area contributed by atoms with Crippen molar-refractivity contribution in [1.82, 2.24) is 35.6 Å². The van der Waals surface area contributed by atoms with E-state index in [4.69, 9.17) is 19.6 Å². The summed E-state index contributed by atoms with van der Waals surface area (Å²) in [6.07, 6.45) is -9.37. The molecule has 444 valence electrons. The molecule has 25 nitrogen and oxygen atoms in total. The topological polar surface area (TPSA) is 365 Å². The number of aromatic nitrogens is 1. The van der Waals surface area contributed by atoms with E-state index in [1.54, 1.807) is 13.8 Å². The van der Waals surface area contributed by atoms with Crippen LogP contribution in [0.3, 0.4) is 0 Å². The van der Waals surface area contributed by atoms with Crippen LogP contribution in [0.15, 0.2) is 61.9 Å². The van der Waals surface area contributed by atoms with Crippen LogP contribution in [-0.4, -0.2) is 192 Å². The predicted molar refractivity (Wildman–Crippen MR) is 277 cm³/mol. The number of imide groups is 1. The van der Waals surface area contributed by atoms with Gasteiger partial charge in [0.2, 0.25) is 29.5 Å². The van der Waals surface area contributed by atoms with Gasteiger partial charge in [-0.3, -0.25) is 48.2 Å². The van der Waals surface area contributed by atoms with Gasteiger partial charge >= 0.3 is 12.1 Å². The molecule has 6 rings (SSSR count). The molecule has 0 aromatic carbocycles. The minimum absolute atomic E-state index is 0.0303. The number of likely N-dealkylation sites (N-methyl/N-ethyl adjacent to an activating group) is 1. The maximum atomic E-state index is 14.4. The van der Waals surface area contributed by atoms with Crippen molar-refractivity contribution in [3.63, 3.8) is 0 Å². The molecule has 1 aromatic rings. The normalized spacial score (nSPS) is 22.0. The number of halogens is 3. The van der Waals surface area contributed by atoms with Crippen LogP contribution in [0.5, 0.6) is 0 Å². The summed E-state index contributed by atoms with van der Waals surface area (Å²) in [5.74, 6) is -6.27. The summed E-state index contributed by atoms with van der Waals surface area (Å²) in [5.41, 5.74) is -2.15. The summed E-state index contributed by atoms with van der Waals surface area (Å²) in [7, 11) is 1.22. The molecule has 9 atom stereocenters. The van der Waals surface area contributed by atoms with Gasteiger partial charge < -0.3 is 70.8 Å². The average molecular weight is 1150 g/mol. The van der Waals surface area contributed by atoms with E-state index in [0.717, 1.165) is 22.0 Å². The van der Waals surface area contributed by atoms with Crippen LogP contribution in [-0.2, 0) is 66.6 Å². The number of unbranched alkanes of at least 4 members (excludes halogenated alkanes) is 1. The Morgan fingerprint density at radius 3 is 2.21 bits per heavy atom. The van der Waals surface area contributed by atoms with Crippen molar-refractivity contribution in [2.45, 2.75) is 159 Å². The number of aliphatic hydroxyl groups is 6. The van der Waals surface area contributed by atoms with E-state index in [-0.39, 0.29) is 61.8 Å². The minimum atomic E-state index is -4.64. The van der Waals surface area contributed by atoms with Gasteiger partial charge in [-0.2, -0.15) is 13.2 Å². The number of alkyl halides is 3. The zero-order valence-corrected chi connectivity index (χ0v) is 45.6. The number of allylic oxidation sites excluding steroid dienone is 3. The first kappa shape index (κ1) is 63.2. The number of carbonyl (C=O) groups is 8. The lowest BCUT2D eigenvalue weighted by Crippen LogP contribution is -2.55. The van der Waals surface area contributed by atoms with Gasteiger partial charge in [0, 0.05) is 74.9 Å². The molecule has 0 spiro atoms. The lowest BCUT2D eigenvalue weighted by Gasteiger charge is -2.39. The maximum Gasteiger partial charge on any atom is 0.413 e. The number of aliphatic imine (C=N–C) groups is 1. The number of ether oxygens (including phenoxy) is 2. The molecule has 0 saturated carbocycles. The van der Waals surface area contributed by atoms with Gasteiger partial charge in [0.15, 0.2) is 5.60 Å². The zero-order valence-electron chi connectivity index (χ0n) is 45.6. The van der Waals surface area contributed by atoms with Crippen LogP contribution >= 0.6 is 0 Å². The Kier molecular flexibility index (Phi) is 20.2. The fourth-order valence-corrected chi connectivity index (χ4v) is 10.1. The summed E-state index contributed by atoms with van der Waals surface area (Å²) in [6.45, 7) is 4.79. The lowest BCUT2D eigenvalue weighted by molar-refractivity contribution is -0.172. The molecule has 5 heterocycles. The summed E-state index contributed by atoms with van der Waals surface area (Å²) < 4.78 is 55.3. The van der Waals surface area contributed by atoms with Gasteiger partial charge in [0.25, 0.3) is 17.4 Å². The van der Waals surface area contributed by atoms with E-state index in [9.17, 15) is 81.9 Å². The molecule has 7 amide bonds. The maximum absolute atomic E-state index is 14.4. The highest BCUT2D eigenvalue weighted by molar-refractivity contribution is 6.16. The van der Waals surface area contributed by atoms with E-state index in [1.807, 2.05) is 0 Å². The summed E-state index contributed by atoms with van der Waals surface area (Å²) in [4.78, 5) is 123. The van der Waals surface area contributed by atoms with Crippen molar-refractivity contribution in [2.24, 2.45) is 4.99 Å². The number of fused-ring (bicyclic) bond motifs is 5. The summed E-state index contributed by atoms with van der Waals surface area (Å²) >= 11 is 0. The number of carbonyl (C=O) groups excluding carboxylic acids is 8. The molecule has 0 fully saturated rings. The molecule has 1 aromatic heterocycles. The SMILES string of the molecule is CC[C@@]1(O)C(=O)OCc2c1cc1n(c2=O)CC2=C(CCCCOCNC(=O)[C@H](C)NC(=O)[C@H](C)NC(=O)[C@H](CCC(=O)N(C)C[C@H](O)[C@@H](O)[C@H](O)[C@H](O)CO)NC(=O)CCN3C(=O)C=CC3=O)C3=CC(C)=C(C(F)(F)F)CC3(C)N=C21. The van der Waals surface area contributed by atoms with Crippen molar-refractivity contribution >= 4 is 53.0 Å². The number of nitrogens with zero attached hydrogens (tertiary/aromatic N) is 4. The Morgan fingerprint density at radius 1 is 0.926 bits per heavy atom. The molecule has 5 aliphatic rings. The molecular formula is C53H69F3N8O17. The lowest BCUT2D eigenvalue weighted by atomic mass is 9.71. The van der Waals surface area contributed by atoms with Crippen LogP contribution in [0.1, 0.15) is 103 Å². The number of esters is 1. The first-order valence-electron chi connectivity index (χ1n) is 26.3. The van der Waals surface area contributed by atoms with E-state index in [2.05, 4.69) is 21.3 Å². The number of hydrogen-bond acceptors (Lipinski definition) is 18. The number of dihydropyridines is 1. The van der Waals surface area contributed by atoms with Crippen molar-refractivity contribution in [2.75, 3.05) is 40.1 Å². The second kappa shape index (κ2) is 25.9. The van der Waals surface area contributed by atoms with Crippen molar-refractivity contribution in [3.05, 3.63) is 79.3 Å². The van der Waals surface area contributed by atoms with Crippen LogP contribution in [0.4, 0.5) is 13.2 Å². The number of amides is 7. The van der Waals surface area contributed by atoms with Gasteiger partial charge in [-0.05, 0) is 82.6 Å². The number of nitrogens with one attached hydrogen (secondary N) is 4. The van der Waals surface area contributed by atoms with Crippen molar-refractivity contribution in [3.8, 4) is 0 Å². The Hall–Kier alpha value is -6.95. The summed E-state index contributed by atoms with van der Waals surface area (Å²) in [5, 5.41) is 70.3. The Balaban J connectivity index is 1.02. The van der Waals surface area contributed by atoms with Gasteiger partial charge in [0.05, 0.1) is 35.7 Å². The number of aliphatic hydroxyl groups excluding tert-OH is 5. The monoisotopic (exact) mass is 1150 g/mol. The van der Waals surface area contributed by atoms with Crippen LogP contribution in [0.2, 0.25) is 0 Å². The molecule has 28 heteroatoms. The fourth-order valence-electron chi connectivity index (χ4n) is 10.1. The van der Waals surface area contributed by atoms with Crippen molar-refractivity contribution in [1.29, 1.82) is 0 Å². The molecule has 10 N–H and O–H groups in total. The molecule has 81 heavy (non-hydrogen) atoms. The van der Waals surface area contributed by atoms with Crippen LogP contribution < -0.4 is 26.8 Å². The largest absolute Gasteiger partial charge is 0.458 e. The number of cyclic esters (lactones) is 1. The first-order chi connectivity index (χ1) is 38.0. The van der Waals surface area contributed by atoms with Gasteiger partial charge in [-0.25, -0.2) is 4.79 Å². The Bertz CT molecular complexity index is 2900. The highest BCUT2D eigenvalue weighted by Gasteiger charge is 2.50. The molecule has 0 radical (unpaired) electrons. The van der Waals surface area contributed by atoms with Gasteiger partial charge in [-0.1, -0.05) is 13.0 Å². The van der Waals surface area contributed by atoms with Crippen LogP contribution in [0, 0.1) is 0 Å². The van der Waals surface area contributed by atoms with Gasteiger partial charge in [0.1, 0.15) is 55.9 Å². The fraction of sp³-hybridized carbons (Fsp3) is 0.585. The third-order valence-electron chi connectivity index (χ3n) is 15.0. The van der Waals surface area contributed by atoms with E-state index < -0.39 is 157 Å². The Morgan fingerprint density at radius 2 is 1.57 bits per heavy atom. The van der Waals surface area contributed by atoms with Gasteiger partial charge in [-0.15, -0.1) is 0 Å². The number of rotatable bonds is 26. The summed E-state index contributed by atoms with van der Waals surface area (Å²) in [6, 6.07) is -2.52. The standard InChI is InChI=1S/C53H69F3N8O17/c1-7-52(79)33-19-36-43-30(21-64(36)49(77)31(33)24-81-50(52)78)29(32-18-26(2)34(53(54,55)56)20-51(32,5)61-43)10-8-9-17-80-25-57-46(74)27(3)58-47(75)28(4)59-48(76)35(60-39(68)15-16-63-41(70)13-14-42(63)71)11-12-40(69)62(6)22-37(66)44(72)45(73)38(67)23-65/h13-14,18-19,27-28,35,37-38,44-45,65-67,72-73,79H,7-12,15-17,20-25H2,1-6H3,(H,57,74)(H,58,75)(H,59,76)(H,60,68)/t27-,28-,35-,37-,38+,44+,45+,51?,52-/m0/s1. The molecule has 1 unspecified atom stereocenters. The second-order valence-electron chi connectivity index (χ2n) is 20.8. The quantitative estimate of drug-likeness (QED) is 0.0215. The number of hydrogen-bond donors (Lipinski definition) is 10. The second-order valence-corrected chi connectivity index (χ2v) is 20.8. The van der Waals surface area contributed by atoms with Crippen LogP contribution in [0.25, 0.3) is 0 Å². The van der Waals surface area contributed by atoms with Crippen molar-refractivity contribution < 1.29 is 91.6 Å². The van der Waals surface area contributed by atoms with E-state index >= 15 is 0 Å². The minimum Gasteiger partial charge on any atom is -0.458 e.